The summed E-state index contributed by atoms with van der Waals surface area (Å²) >= 11 is 0. The molecule has 28 heavy (non-hydrogen) atoms. The van der Waals surface area contributed by atoms with E-state index in [1.165, 1.54) is 37.4 Å². The monoisotopic (exact) mass is 430 g/mol. The average Bonchev–Trinajstić information content (AvgIpc) is 2.70. The van der Waals surface area contributed by atoms with Gasteiger partial charge in [-0.2, -0.15) is 0 Å². The maximum Gasteiger partial charge on any atom is 0.241 e. The second kappa shape index (κ2) is 9.45. The molecule has 2 aromatic rings. The number of aliphatic hydroxyl groups excluding tert-OH is 2. The average molecular weight is 431 g/mol. The van der Waals surface area contributed by atoms with Gasteiger partial charge in [-0.1, -0.05) is 12.1 Å². The summed E-state index contributed by atoms with van der Waals surface area (Å²) in [5, 5.41) is 17.7. The van der Waals surface area contributed by atoms with Gasteiger partial charge in [0.15, 0.2) is 0 Å². The van der Waals surface area contributed by atoms with Crippen LogP contribution in [0.5, 0.6) is 5.75 Å². The van der Waals surface area contributed by atoms with Crippen molar-refractivity contribution in [2.45, 2.75) is 9.79 Å². The van der Waals surface area contributed by atoms with Gasteiger partial charge < -0.3 is 14.9 Å². The van der Waals surface area contributed by atoms with E-state index in [4.69, 9.17) is 14.9 Å². The van der Waals surface area contributed by atoms with Crippen molar-refractivity contribution in [3.05, 3.63) is 42.5 Å². The van der Waals surface area contributed by atoms with E-state index in [1.807, 2.05) is 0 Å². The van der Waals surface area contributed by atoms with E-state index >= 15 is 0 Å². The fourth-order valence-corrected chi connectivity index (χ4v) is 4.71. The van der Waals surface area contributed by atoms with Crippen LogP contribution < -0.4 is 14.2 Å². The van der Waals surface area contributed by atoms with Gasteiger partial charge in [0.25, 0.3) is 0 Å². The topological polar surface area (TPSA) is 142 Å². The summed E-state index contributed by atoms with van der Waals surface area (Å²) in [6.45, 7) is -0.939. The standard InChI is InChI=1S/C17H22N2O7S2/c1-26-14-4-7-16(17(12-14)28(24,25)19-9-11-21)13-2-5-15(6-3-13)27(22,23)18-8-10-20/h2-7,12,18-21H,8-11H2,1H3. The Morgan fingerprint density at radius 3 is 1.96 bits per heavy atom. The predicted octanol–water partition coefficient (Wildman–Crippen LogP) is -0.0966. The van der Waals surface area contributed by atoms with Crippen LogP contribution in [0.1, 0.15) is 0 Å². The highest BCUT2D eigenvalue weighted by atomic mass is 32.2. The second-order valence-corrected chi connectivity index (χ2v) is 9.13. The van der Waals surface area contributed by atoms with Gasteiger partial charge in [0.2, 0.25) is 20.0 Å². The molecule has 4 N–H and O–H groups in total. The van der Waals surface area contributed by atoms with Crippen molar-refractivity contribution in [3.63, 3.8) is 0 Å². The van der Waals surface area contributed by atoms with Crippen molar-refractivity contribution in [1.82, 2.24) is 9.44 Å². The van der Waals surface area contributed by atoms with Crippen molar-refractivity contribution in [2.75, 3.05) is 33.4 Å². The minimum atomic E-state index is -3.93. The lowest BCUT2D eigenvalue weighted by molar-refractivity contribution is 0.300. The third-order valence-corrected chi connectivity index (χ3v) is 6.74. The highest BCUT2D eigenvalue weighted by molar-refractivity contribution is 7.89. The first-order chi connectivity index (χ1) is 13.2. The molecule has 2 aromatic carbocycles. The summed E-state index contributed by atoms with van der Waals surface area (Å²) in [5.74, 6) is 0.334. The van der Waals surface area contributed by atoms with Crippen molar-refractivity contribution in [1.29, 1.82) is 0 Å². The van der Waals surface area contributed by atoms with Crippen LogP contribution >= 0.6 is 0 Å². The normalized spacial score (nSPS) is 12.1. The quantitative estimate of drug-likeness (QED) is 0.412. The van der Waals surface area contributed by atoms with Crippen LogP contribution in [0.3, 0.4) is 0 Å². The Bertz CT molecular complexity index is 1000. The van der Waals surface area contributed by atoms with Crippen LogP contribution in [0.2, 0.25) is 0 Å². The molecule has 0 aliphatic rings. The van der Waals surface area contributed by atoms with E-state index in [1.54, 1.807) is 12.1 Å². The van der Waals surface area contributed by atoms with Crippen molar-refractivity contribution in [3.8, 4) is 16.9 Å². The van der Waals surface area contributed by atoms with Crippen LogP contribution in [0, 0.1) is 0 Å². The number of hydrogen-bond donors (Lipinski definition) is 4. The van der Waals surface area contributed by atoms with E-state index in [2.05, 4.69) is 9.44 Å². The Labute approximate surface area is 164 Å². The molecule has 0 amide bonds. The first-order valence-electron chi connectivity index (χ1n) is 8.24. The highest BCUT2D eigenvalue weighted by Gasteiger charge is 2.21. The molecule has 154 valence electrons. The highest BCUT2D eigenvalue weighted by Crippen LogP contribution is 2.31. The summed E-state index contributed by atoms with van der Waals surface area (Å²) in [6.07, 6.45) is 0. The fraction of sp³-hybridized carbons (Fsp3) is 0.294. The first kappa shape index (κ1) is 22.3. The van der Waals surface area contributed by atoms with Gasteiger partial charge in [-0.05, 0) is 29.8 Å². The lowest BCUT2D eigenvalue weighted by atomic mass is 10.1. The molecule has 0 bridgehead atoms. The summed E-state index contributed by atoms with van der Waals surface area (Å²) in [4.78, 5) is -0.0738. The number of nitrogens with one attached hydrogen (secondary N) is 2. The number of benzene rings is 2. The summed E-state index contributed by atoms with van der Waals surface area (Å²) in [7, 11) is -6.30. The number of aliphatic hydroxyl groups is 2. The Morgan fingerprint density at radius 1 is 0.857 bits per heavy atom. The number of hydrogen-bond acceptors (Lipinski definition) is 7. The maximum absolute atomic E-state index is 12.6. The zero-order valence-electron chi connectivity index (χ0n) is 15.1. The van der Waals surface area contributed by atoms with Gasteiger partial charge in [-0.3, -0.25) is 0 Å². The molecule has 9 nitrogen and oxygen atoms in total. The number of methoxy groups -OCH3 is 1. The second-order valence-electron chi connectivity index (χ2n) is 5.63. The summed E-state index contributed by atoms with van der Waals surface area (Å²) < 4.78 is 59.0. The SMILES string of the molecule is COc1ccc(-c2ccc(S(=O)(=O)NCCO)cc2)c(S(=O)(=O)NCCO)c1. The molecule has 2 rings (SSSR count). The van der Waals surface area contributed by atoms with Crippen molar-refractivity contribution in [2.24, 2.45) is 0 Å². The third kappa shape index (κ3) is 5.28. The molecule has 0 aliphatic heterocycles. The van der Waals surface area contributed by atoms with Crippen LogP contribution in [0.15, 0.2) is 52.3 Å². The lowest BCUT2D eigenvalue weighted by Crippen LogP contribution is -2.27. The number of sulfonamides is 2. The molecule has 0 unspecified atom stereocenters. The van der Waals surface area contributed by atoms with Gasteiger partial charge in [0.1, 0.15) is 5.75 Å². The molecule has 0 saturated heterocycles. The van der Waals surface area contributed by atoms with Crippen LogP contribution in [-0.4, -0.2) is 60.5 Å². The van der Waals surface area contributed by atoms with E-state index < -0.39 is 20.0 Å². The molecular weight excluding hydrogens is 408 g/mol. The van der Waals surface area contributed by atoms with Gasteiger partial charge in [-0.15, -0.1) is 0 Å². The smallest absolute Gasteiger partial charge is 0.241 e. The van der Waals surface area contributed by atoms with Crippen LogP contribution in [0.4, 0.5) is 0 Å². The molecule has 0 saturated carbocycles. The van der Waals surface area contributed by atoms with Crippen molar-refractivity contribution >= 4 is 20.0 Å². The summed E-state index contributed by atoms with van der Waals surface area (Å²) in [5.41, 5.74) is 0.826. The first-order valence-corrected chi connectivity index (χ1v) is 11.2. The number of rotatable bonds is 10. The van der Waals surface area contributed by atoms with E-state index in [0.29, 0.717) is 16.9 Å². The molecule has 0 atom stereocenters. The van der Waals surface area contributed by atoms with E-state index in [0.717, 1.165) is 0 Å². The van der Waals surface area contributed by atoms with E-state index in [-0.39, 0.29) is 36.1 Å². The van der Waals surface area contributed by atoms with Gasteiger partial charge >= 0.3 is 0 Å². The largest absolute Gasteiger partial charge is 0.497 e. The Hall–Kier alpha value is -2.02. The Balaban J connectivity index is 2.47. The van der Waals surface area contributed by atoms with Gasteiger partial charge in [-0.25, -0.2) is 26.3 Å². The third-order valence-electron chi connectivity index (χ3n) is 3.76. The Morgan fingerprint density at radius 2 is 1.43 bits per heavy atom. The molecule has 11 heteroatoms. The minimum Gasteiger partial charge on any atom is -0.497 e. The van der Waals surface area contributed by atoms with Crippen LogP contribution in [-0.2, 0) is 20.0 Å². The zero-order chi connectivity index (χ0) is 20.8. The maximum atomic E-state index is 12.6. The minimum absolute atomic E-state index is 0.0129. The molecule has 0 spiro atoms. The molecule has 0 radical (unpaired) electrons. The van der Waals surface area contributed by atoms with Gasteiger partial charge in [0.05, 0.1) is 30.1 Å². The predicted molar refractivity (Wildman–Crippen MR) is 103 cm³/mol. The summed E-state index contributed by atoms with van der Waals surface area (Å²) in [6, 6.07) is 10.2. The lowest BCUT2D eigenvalue weighted by Gasteiger charge is -2.13. The Kier molecular flexibility index (Phi) is 7.52. The number of ether oxygens (including phenoxy) is 1. The van der Waals surface area contributed by atoms with Crippen molar-refractivity contribution < 1.29 is 31.8 Å². The van der Waals surface area contributed by atoms with Gasteiger partial charge in [0, 0.05) is 24.7 Å². The molecule has 0 aliphatic carbocycles. The molecule has 0 heterocycles. The molecule has 0 aromatic heterocycles. The van der Waals surface area contributed by atoms with Crippen LogP contribution in [0.25, 0.3) is 11.1 Å². The van der Waals surface area contributed by atoms with E-state index in [9.17, 15) is 16.8 Å². The fourth-order valence-electron chi connectivity index (χ4n) is 2.43. The molecular formula is C17H22N2O7S2. The zero-order valence-corrected chi connectivity index (χ0v) is 16.8. The molecule has 0 fully saturated rings.